The zero-order valence-electron chi connectivity index (χ0n) is 11.9. The summed E-state index contributed by atoms with van der Waals surface area (Å²) in [6.07, 6.45) is 0. The van der Waals surface area contributed by atoms with Gasteiger partial charge in [0.25, 0.3) is 0 Å². The summed E-state index contributed by atoms with van der Waals surface area (Å²) in [5.41, 5.74) is 0.383. The van der Waals surface area contributed by atoms with Crippen LogP contribution in [0.2, 0.25) is 0 Å². The topological polar surface area (TPSA) is 72.8 Å². The van der Waals surface area contributed by atoms with Crippen molar-refractivity contribution in [2.75, 3.05) is 14.2 Å². The summed E-state index contributed by atoms with van der Waals surface area (Å²) in [5, 5.41) is 9.88. The molecule has 0 aliphatic heterocycles. The number of ether oxygens (including phenoxy) is 2. The lowest BCUT2D eigenvalue weighted by molar-refractivity contribution is 0.0553. The second-order valence-electron chi connectivity index (χ2n) is 4.37. The van der Waals surface area contributed by atoms with Crippen molar-refractivity contribution in [3.63, 3.8) is 0 Å². The molecule has 2 aromatic rings. The molecule has 0 unspecified atom stereocenters. The van der Waals surface area contributed by atoms with Crippen molar-refractivity contribution in [2.45, 2.75) is 0 Å². The molecule has 0 aliphatic rings. The number of aromatic hydroxyl groups is 1. The number of rotatable bonds is 3. The number of carbonyl (C=O) groups is 2. The van der Waals surface area contributed by atoms with Crippen LogP contribution in [0, 0.1) is 5.82 Å². The third-order valence-corrected chi connectivity index (χ3v) is 3.12. The Kier molecular flexibility index (Phi) is 4.41. The molecule has 0 aromatic heterocycles. The molecular weight excluding hydrogens is 291 g/mol. The molecule has 0 bridgehead atoms. The molecule has 114 valence electrons. The van der Waals surface area contributed by atoms with Gasteiger partial charge in [-0.1, -0.05) is 12.1 Å². The summed E-state index contributed by atoms with van der Waals surface area (Å²) in [6.45, 7) is 0. The Morgan fingerprint density at radius 2 is 1.45 bits per heavy atom. The van der Waals surface area contributed by atoms with Crippen LogP contribution in [-0.4, -0.2) is 31.3 Å². The third kappa shape index (κ3) is 2.76. The lowest BCUT2D eigenvalue weighted by Gasteiger charge is -2.13. The predicted octanol–water partition coefficient (Wildman–Crippen LogP) is 2.77. The molecule has 2 rings (SSSR count). The molecule has 22 heavy (non-hydrogen) atoms. The van der Waals surface area contributed by atoms with Crippen LogP contribution in [0.1, 0.15) is 20.7 Å². The number of hydrogen-bond donors (Lipinski definition) is 1. The molecule has 2 aromatic carbocycles. The van der Waals surface area contributed by atoms with Crippen molar-refractivity contribution in [2.24, 2.45) is 0 Å². The van der Waals surface area contributed by atoms with Gasteiger partial charge in [0.15, 0.2) is 0 Å². The van der Waals surface area contributed by atoms with Crippen molar-refractivity contribution in [3.05, 3.63) is 53.3 Å². The van der Waals surface area contributed by atoms with Crippen LogP contribution in [0.4, 0.5) is 4.39 Å². The molecular formula is C16H13FO5. The summed E-state index contributed by atoms with van der Waals surface area (Å²) < 4.78 is 22.3. The fourth-order valence-corrected chi connectivity index (χ4v) is 2.08. The molecule has 0 aliphatic carbocycles. The lowest BCUT2D eigenvalue weighted by atomic mass is 9.94. The minimum atomic E-state index is -0.873. The molecule has 0 spiro atoms. The SMILES string of the molecule is COC(=O)c1c(O)ccc(-c2ccc(F)cc2)c1C(=O)OC. The van der Waals surface area contributed by atoms with Gasteiger partial charge in [-0.3, -0.25) is 0 Å². The average Bonchev–Trinajstić information content (AvgIpc) is 2.54. The number of halogens is 1. The van der Waals surface area contributed by atoms with E-state index in [1.165, 1.54) is 36.4 Å². The van der Waals surface area contributed by atoms with Gasteiger partial charge in [0, 0.05) is 0 Å². The highest BCUT2D eigenvalue weighted by Crippen LogP contribution is 2.33. The lowest BCUT2D eigenvalue weighted by Crippen LogP contribution is -2.13. The molecule has 0 radical (unpaired) electrons. The first kappa shape index (κ1) is 15.5. The van der Waals surface area contributed by atoms with Crippen LogP contribution in [0.3, 0.4) is 0 Å². The number of phenolic OH excluding ortho intramolecular Hbond substituents is 1. The second-order valence-corrected chi connectivity index (χ2v) is 4.37. The maximum Gasteiger partial charge on any atom is 0.342 e. The molecule has 0 fully saturated rings. The van der Waals surface area contributed by atoms with E-state index >= 15 is 0 Å². The van der Waals surface area contributed by atoms with E-state index in [1.54, 1.807) is 0 Å². The van der Waals surface area contributed by atoms with E-state index in [-0.39, 0.29) is 11.1 Å². The van der Waals surface area contributed by atoms with Crippen molar-refractivity contribution in [3.8, 4) is 16.9 Å². The largest absolute Gasteiger partial charge is 0.507 e. The first-order chi connectivity index (χ1) is 10.5. The van der Waals surface area contributed by atoms with E-state index in [9.17, 15) is 19.1 Å². The minimum absolute atomic E-state index is 0.138. The highest BCUT2D eigenvalue weighted by atomic mass is 19.1. The predicted molar refractivity (Wildman–Crippen MR) is 76.2 cm³/mol. The Balaban J connectivity index is 2.76. The number of phenols is 1. The molecule has 0 atom stereocenters. The summed E-state index contributed by atoms with van der Waals surface area (Å²) in [7, 11) is 2.29. The second kappa shape index (κ2) is 6.26. The van der Waals surface area contributed by atoms with Crippen LogP contribution >= 0.6 is 0 Å². The fraction of sp³-hybridized carbons (Fsp3) is 0.125. The van der Waals surface area contributed by atoms with Crippen LogP contribution in [0.15, 0.2) is 36.4 Å². The number of esters is 2. The Morgan fingerprint density at radius 1 is 0.909 bits per heavy atom. The minimum Gasteiger partial charge on any atom is -0.507 e. The normalized spacial score (nSPS) is 10.1. The summed E-state index contributed by atoms with van der Waals surface area (Å²) >= 11 is 0. The fourth-order valence-electron chi connectivity index (χ4n) is 2.08. The number of carbonyl (C=O) groups excluding carboxylic acids is 2. The Labute approximate surface area is 125 Å². The first-order valence-corrected chi connectivity index (χ1v) is 6.28. The quantitative estimate of drug-likeness (QED) is 0.883. The van der Waals surface area contributed by atoms with E-state index < -0.39 is 23.5 Å². The zero-order chi connectivity index (χ0) is 16.3. The van der Waals surface area contributed by atoms with Crippen molar-refractivity contribution < 1.29 is 28.6 Å². The molecule has 0 saturated carbocycles. The molecule has 1 N–H and O–H groups in total. The van der Waals surface area contributed by atoms with Crippen molar-refractivity contribution in [1.82, 2.24) is 0 Å². The van der Waals surface area contributed by atoms with Crippen LogP contribution in [0.25, 0.3) is 11.1 Å². The number of methoxy groups -OCH3 is 2. The van der Waals surface area contributed by atoms with Gasteiger partial charge in [-0.25, -0.2) is 14.0 Å². The molecule has 0 heterocycles. The molecule has 0 amide bonds. The monoisotopic (exact) mass is 304 g/mol. The van der Waals surface area contributed by atoms with Crippen LogP contribution in [-0.2, 0) is 9.47 Å². The van der Waals surface area contributed by atoms with Crippen molar-refractivity contribution in [1.29, 1.82) is 0 Å². The van der Waals surface area contributed by atoms with Crippen molar-refractivity contribution >= 4 is 11.9 Å². The maximum absolute atomic E-state index is 13.0. The van der Waals surface area contributed by atoms with Gasteiger partial charge in [0.05, 0.1) is 19.8 Å². The smallest absolute Gasteiger partial charge is 0.342 e. The van der Waals surface area contributed by atoms with Gasteiger partial charge in [0.2, 0.25) is 0 Å². The number of hydrogen-bond acceptors (Lipinski definition) is 5. The van der Waals surface area contributed by atoms with Gasteiger partial charge >= 0.3 is 11.9 Å². The van der Waals surface area contributed by atoms with E-state index in [1.807, 2.05) is 0 Å². The van der Waals surface area contributed by atoms with Gasteiger partial charge < -0.3 is 14.6 Å². The van der Waals surface area contributed by atoms with E-state index in [2.05, 4.69) is 9.47 Å². The van der Waals surface area contributed by atoms with Crippen LogP contribution < -0.4 is 0 Å². The Morgan fingerprint density at radius 3 is 2.00 bits per heavy atom. The van der Waals surface area contributed by atoms with E-state index in [0.29, 0.717) is 11.1 Å². The summed E-state index contributed by atoms with van der Waals surface area (Å²) in [4.78, 5) is 23.9. The Hall–Kier alpha value is -2.89. The average molecular weight is 304 g/mol. The Bertz CT molecular complexity index is 722. The maximum atomic E-state index is 13.0. The molecule has 5 nitrogen and oxygen atoms in total. The number of benzene rings is 2. The third-order valence-electron chi connectivity index (χ3n) is 3.12. The highest BCUT2D eigenvalue weighted by Gasteiger charge is 2.26. The summed E-state index contributed by atoms with van der Waals surface area (Å²) in [5.74, 6) is -2.52. The van der Waals surface area contributed by atoms with Gasteiger partial charge in [-0.2, -0.15) is 0 Å². The summed E-state index contributed by atoms with van der Waals surface area (Å²) in [6, 6.07) is 8.06. The highest BCUT2D eigenvalue weighted by molar-refractivity contribution is 6.09. The van der Waals surface area contributed by atoms with Gasteiger partial charge in [0.1, 0.15) is 17.1 Å². The van der Waals surface area contributed by atoms with Gasteiger partial charge in [-0.15, -0.1) is 0 Å². The first-order valence-electron chi connectivity index (χ1n) is 6.28. The van der Waals surface area contributed by atoms with Crippen LogP contribution in [0.5, 0.6) is 5.75 Å². The standard InChI is InChI=1S/C16H13FO5/c1-21-15(19)13-11(9-3-5-10(17)6-4-9)7-8-12(18)14(13)16(20)22-2/h3-8,18H,1-2H3. The molecule has 6 heteroatoms. The van der Waals surface area contributed by atoms with E-state index in [4.69, 9.17) is 0 Å². The molecule has 0 saturated heterocycles. The van der Waals surface area contributed by atoms with Gasteiger partial charge in [-0.05, 0) is 35.4 Å². The zero-order valence-corrected chi connectivity index (χ0v) is 11.9. The van der Waals surface area contributed by atoms with E-state index in [0.717, 1.165) is 14.2 Å².